The highest BCUT2D eigenvalue weighted by Gasteiger charge is 2.26. The van der Waals surface area contributed by atoms with Crippen LogP contribution < -0.4 is 15.4 Å². The molecule has 2 aromatic rings. The third-order valence-corrected chi connectivity index (χ3v) is 6.45. The van der Waals surface area contributed by atoms with Gasteiger partial charge in [0.15, 0.2) is 6.61 Å². The molecule has 9 nitrogen and oxygen atoms in total. The normalized spacial score (nSPS) is 14.6. The summed E-state index contributed by atoms with van der Waals surface area (Å²) in [7, 11) is -3.69. The Hall–Kier alpha value is -2.95. The van der Waals surface area contributed by atoms with E-state index in [9.17, 15) is 18.0 Å². The first-order chi connectivity index (χ1) is 14.9. The molecule has 1 fully saturated rings. The van der Waals surface area contributed by atoms with Crippen molar-refractivity contribution >= 4 is 27.5 Å². The number of ether oxygens (including phenoxy) is 2. The molecule has 0 bridgehead atoms. The number of likely N-dealkylation sites (N-methyl/N-ethyl adjacent to an activating group) is 1. The standard InChI is InChI=1S/C21H25N3O6S/c1-2-22-20(25)15-30-18-8-6-17(7-9-18)23-21(26)16-4-3-5-19(14-16)31(27,28)24-10-12-29-13-11-24/h3-9,14H,2,10-13,15H2,1H3,(H,22,25)(H,23,26). The molecule has 0 saturated carbocycles. The number of hydrogen-bond acceptors (Lipinski definition) is 6. The van der Waals surface area contributed by atoms with Crippen molar-refractivity contribution in [1.29, 1.82) is 0 Å². The van der Waals surface area contributed by atoms with Crippen LogP contribution in [0, 0.1) is 0 Å². The zero-order valence-electron chi connectivity index (χ0n) is 17.2. The maximum atomic E-state index is 12.8. The fourth-order valence-corrected chi connectivity index (χ4v) is 4.42. The molecule has 1 saturated heterocycles. The van der Waals surface area contributed by atoms with Crippen molar-refractivity contribution in [2.45, 2.75) is 11.8 Å². The Morgan fingerprint density at radius 1 is 1.10 bits per heavy atom. The van der Waals surface area contributed by atoms with Gasteiger partial charge in [-0.1, -0.05) is 6.07 Å². The van der Waals surface area contributed by atoms with E-state index in [2.05, 4.69) is 10.6 Å². The number of sulfonamides is 1. The number of nitrogens with one attached hydrogen (secondary N) is 2. The van der Waals surface area contributed by atoms with Gasteiger partial charge in [-0.05, 0) is 49.4 Å². The highest BCUT2D eigenvalue weighted by Crippen LogP contribution is 2.20. The number of carbonyl (C=O) groups is 2. The number of benzene rings is 2. The van der Waals surface area contributed by atoms with Crippen molar-refractivity contribution in [2.24, 2.45) is 0 Å². The van der Waals surface area contributed by atoms with E-state index in [4.69, 9.17) is 9.47 Å². The minimum atomic E-state index is -3.69. The Kier molecular flexibility index (Phi) is 7.61. The van der Waals surface area contributed by atoms with E-state index in [0.29, 0.717) is 31.2 Å². The summed E-state index contributed by atoms with van der Waals surface area (Å²) in [6.07, 6.45) is 0. The second-order valence-corrected chi connectivity index (χ2v) is 8.70. The fourth-order valence-electron chi connectivity index (χ4n) is 2.97. The van der Waals surface area contributed by atoms with Gasteiger partial charge in [-0.15, -0.1) is 0 Å². The maximum absolute atomic E-state index is 12.8. The third-order valence-electron chi connectivity index (χ3n) is 4.56. The molecule has 31 heavy (non-hydrogen) atoms. The topological polar surface area (TPSA) is 114 Å². The van der Waals surface area contributed by atoms with Crippen LogP contribution >= 0.6 is 0 Å². The molecule has 3 rings (SSSR count). The average Bonchev–Trinajstić information content (AvgIpc) is 2.79. The van der Waals surface area contributed by atoms with Crippen molar-refractivity contribution < 1.29 is 27.5 Å². The number of morpholine rings is 1. The van der Waals surface area contributed by atoms with Crippen LogP contribution in [0.2, 0.25) is 0 Å². The Labute approximate surface area is 181 Å². The minimum Gasteiger partial charge on any atom is -0.484 e. The summed E-state index contributed by atoms with van der Waals surface area (Å²) >= 11 is 0. The van der Waals surface area contributed by atoms with E-state index >= 15 is 0 Å². The Morgan fingerprint density at radius 3 is 2.48 bits per heavy atom. The lowest BCUT2D eigenvalue weighted by Gasteiger charge is -2.26. The minimum absolute atomic E-state index is 0.0659. The van der Waals surface area contributed by atoms with Gasteiger partial charge < -0.3 is 20.1 Å². The maximum Gasteiger partial charge on any atom is 0.257 e. The van der Waals surface area contributed by atoms with E-state index in [0.717, 1.165) is 0 Å². The molecule has 2 amide bonds. The Morgan fingerprint density at radius 2 is 1.81 bits per heavy atom. The smallest absolute Gasteiger partial charge is 0.257 e. The number of rotatable bonds is 8. The van der Waals surface area contributed by atoms with E-state index in [-0.39, 0.29) is 36.1 Å². The van der Waals surface area contributed by atoms with Crippen LogP contribution in [-0.4, -0.2) is 64.0 Å². The molecular weight excluding hydrogens is 422 g/mol. The molecular formula is C21H25N3O6S. The fraction of sp³-hybridized carbons (Fsp3) is 0.333. The van der Waals surface area contributed by atoms with Gasteiger partial charge in [0, 0.05) is 30.9 Å². The summed E-state index contributed by atoms with van der Waals surface area (Å²) < 4.78 is 37.5. The van der Waals surface area contributed by atoms with Crippen molar-refractivity contribution in [2.75, 3.05) is 44.8 Å². The quantitative estimate of drug-likeness (QED) is 0.634. The first kappa shape index (κ1) is 22.7. The van der Waals surface area contributed by atoms with Gasteiger partial charge in [-0.25, -0.2) is 8.42 Å². The molecule has 1 aliphatic heterocycles. The van der Waals surface area contributed by atoms with Crippen LogP contribution in [0.15, 0.2) is 53.4 Å². The van der Waals surface area contributed by atoms with Crippen LogP contribution in [0.5, 0.6) is 5.75 Å². The summed E-state index contributed by atoms with van der Waals surface area (Å²) in [4.78, 5) is 24.1. The molecule has 0 radical (unpaired) electrons. The molecule has 166 valence electrons. The van der Waals surface area contributed by atoms with E-state index in [1.165, 1.54) is 16.4 Å². The van der Waals surface area contributed by atoms with Gasteiger partial charge in [0.25, 0.3) is 11.8 Å². The summed E-state index contributed by atoms with van der Waals surface area (Å²) in [6, 6.07) is 12.5. The van der Waals surface area contributed by atoms with Gasteiger partial charge in [0.05, 0.1) is 18.1 Å². The Bertz CT molecular complexity index is 1020. The zero-order chi connectivity index (χ0) is 22.3. The lowest BCUT2D eigenvalue weighted by molar-refractivity contribution is -0.122. The van der Waals surface area contributed by atoms with Gasteiger partial charge in [-0.2, -0.15) is 4.31 Å². The first-order valence-corrected chi connectivity index (χ1v) is 11.3. The van der Waals surface area contributed by atoms with Crippen LogP contribution in [0.3, 0.4) is 0 Å². The monoisotopic (exact) mass is 447 g/mol. The molecule has 2 N–H and O–H groups in total. The lowest BCUT2D eigenvalue weighted by Crippen LogP contribution is -2.40. The van der Waals surface area contributed by atoms with E-state index in [1.807, 2.05) is 6.92 Å². The largest absolute Gasteiger partial charge is 0.484 e. The summed E-state index contributed by atoms with van der Waals surface area (Å²) in [6.45, 7) is 3.53. The number of carbonyl (C=O) groups excluding carboxylic acids is 2. The van der Waals surface area contributed by atoms with E-state index in [1.54, 1.807) is 36.4 Å². The van der Waals surface area contributed by atoms with Gasteiger partial charge >= 0.3 is 0 Å². The molecule has 2 aromatic carbocycles. The molecule has 0 aromatic heterocycles. The van der Waals surface area contributed by atoms with Crippen LogP contribution in [0.4, 0.5) is 5.69 Å². The summed E-state index contributed by atoms with van der Waals surface area (Å²) in [5.74, 6) is -0.162. The van der Waals surface area contributed by atoms with Crippen molar-refractivity contribution in [3.63, 3.8) is 0 Å². The van der Waals surface area contributed by atoms with Crippen LogP contribution in [0.1, 0.15) is 17.3 Å². The van der Waals surface area contributed by atoms with Gasteiger partial charge in [0.1, 0.15) is 5.75 Å². The van der Waals surface area contributed by atoms with Gasteiger partial charge in [0.2, 0.25) is 10.0 Å². The predicted octanol–water partition coefficient (Wildman–Crippen LogP) is 1.47. The Balaban J connectivity index is 1.64. The third kappa shape index (κ3) is 6.03. The van der Waals surface area contributed by atoms with Crippen molar-refractivity contribution in [1.82, 2.24) is 9.62 Å². The second kappa shape index (κ2) is 10.4. The predicted molar refractivity (Wildman–Crippen MR) is 115 cm³/mol. The van der Waals surface area contributed by atoms with E-state index < -0.39 is 15.9 Å². The first-order valence-electron chi connectivity index (χ1n) is 9.89. The molecule has 0 spiro atoms. The lowest BCUT2D eigenvalue weighted by atomic mass is 10.2. The highest BCUT2D eigenvalue weighted by atomic mass is 32.2. The molecule has 0 aliphatic carbocycles. The molecule has 0 atom stereocenters. The highest BCUT2D eigenvalue weighted by molar-refractivity contribution is 7.89. The second-order valence-electron chi connectivity index (χ2n) is 6.76. The number of nitrogens with zero attached hydrogens (tertiary/aromatic N) is 1. The zero-order valence-corrected chi connectivity index (χ0v) is 18.0. The molecule has 10 heteroatoms. The molecule has 1 aliphatic rings. The average molecular weight is 448 g/mol. The summed E-state index contributed by atoms with van der Waals surface area (Å²) in [5.41, 5.74) is 0.739. The number of anilines is 1. The van der Waals surface area contributed by atoms with Crippen molar-refractivity contribution in [3.05, 3.63) is 54.1 Å². The molecule has 1 heterocycles. The summed E-state index contributed by atoms with van der Waals surface area (Å²) in [5, 5.41) is 5.36. The number of hydrogen-bond donors (Lipinski definition) is 2. The van der Waals surface area contributed by atoms with Crippen LogP contribution in [0.25, 0.3) is 0 Å². The molecule has 0 unspecified atom stereocenters. The number of amides is 2. The SMILES string of the molecule is CCNC(=O)COc1ccc(NC(=O)c2cccc(S(=O)(=O)N3CCOCC3)c2)cc1. The van der Waals surface area contributed by atoms with Crippen LogP contribution in [-0.2, 0) is 19.6 Å². The van der Waals surface area contributed by atoms with Crippen molar-refractivity contribution in [3.8, 4) is 5.75 Å². The van der Waals surface area contributed by atoms with Gasteiger partial charge in [-0.3, -0.25) is 9.59 Å².